The summed E-state index contributed by atoms with van der Waals surface area (Å²) < 4.78 is 24.6. The van der Waals surface area contributed by atoms with E-state index < -0.39 is 9.05 Å². The smallest absolute Gasteiger partial charge is 0.281 e. The van der Waals surface area contributed by atoms with Crippen LogP contribution in [0.2, 0.25) is 0 Å². The summed E-state index contributed by atoms with van der Waals surface area (Å²) in [7, 11) is 1.59. The summed E-state index contributed by atoms with van der Waals surface area (Å²) in [6.45, 7) is 5.78. The molecule has 0 bridgehead atoms. The largest absolute Gasteiger partial charge is 0.290 e. The van der Waals surface area contributed by atoms with Gasteiger partial charge in [0.2, 0.25) is 5.03 Å². The van der Waals surface area contributed by atoms with E-state index in [1.54, 1.807) is 6.92 Å². The Hall–Kier alpha value is -0.590. The van der Waals surface area contributed by atoms with Gasteiger partial charge in [0.05, 0.1) is 0 Å². The van der Waals surface area contributed by atoms with E-state index in [0.29, 0.717) is 10.7 Å². The maximum Gasteiger partial charge on any atom is 0.281 e. The van der Waals surface area contributed by atoms with Gasteiger partial charge in [0, 0.05) is 21.3 Å². The predicted octanol–water partition coefficient (Wildman–Crippen LogP) is 2.50. The van der Waals surface area contributed by atoms with Gasteiger partial charge in [-0.3, -0.25) is 4.40 Å². The topological polar surface area (TPSA) is 51.4 Å². The Labute approximate surface area is 102 Å². The van der Waals surface area contributed by atoms with Crippen LogP contribution in [0.4, 0.5) is 0 Å². The SMILES string of the molecule is CCc1c(C)sc2c(S(=O)(=O)Cl)nc(C)n12. The van der Waals surface area contributed by atoms with Gasteiger partial charge in [0.15, 0.2) is 0 Å². The molecule has 88 valence electrons. The van der Waals surface area contributed by atoms with Crippen molar-refractivity contribution in [3.05, 3.63) is 16.4 Å². The van der Waals surface area contributed by atoms with Crippen LogP contribution >= 0.6 is 22.0 Å². The molecule has 0 fully saturated rings. The summed E-state index contributed by atoms with van der Waals surface area (Å²) in [6.07, 6.45) is 0.838. The van der Waals surface area contributed by atoms with E-state index in [1.807, 2.05) is 18.2 Å². The Morgan fingerprint density at radius 3 is 2.56 bits per heavy atom. The number of thiazole rings is 1. The fraction of sp³-hybridized carbons (Fsp3) is 0.444. The number of halogens is 1. The van der Waals surface area contributed by atoms with Crippen molar-refractivity contribution in [2.75, 3.05) is 0 Å². The van der Waals surface area contributed by atoms with Crippen LogP contribution in [0.5, 0.6) is 0 Å². The lowest BCUT2D eigenvalue weighted by Gasteiger charge is -1.97. The first-order chi connectivity index (χ1) is 7.36. The molecule has 7 heteroatoms. The molecular weight excluding hydrogens is 268 g/mol. The van der Waals surface area contributed by atoms with E-state index in [-0.39, 0.29) is 5.03 Å². The molecular formula is C9H11ClN2O2S2. The summed E-state index contributed by atoms with van der Waals surface area (Å²) in [5, 5.41) is -0.0283. The highest BCUT2D eigenvalue weighted by atomic mass is 35.7. The Balaban J connectivity index is 2.93. The molecule has 16 heavy (non-hydrogen) atoms. The molecule has 0 saturated carbocycles. The molecule has 2 aromatic rings. The molecule has 0 N–H and O–H groups in total. The summed E-state index contributed by atoms with van der Waals surface area (Å²) in [6, 6.07) is 0. The van der Waals surface area contributed by atoms with Gasteiger partial charge >= 0.3 is 0 Å². The molecule has 0 aliphatic heterocycles. The molecule has 0 atom stereocenters. The van der Waals surface area contributed by atoms with Crippen LogP contribution in [-0.2, 0) is 15.5 Å². The van der Waals surface area contributed by atoms with Gasteiger partial charge in [-0.15, -0.1) is 11.3 Å². The predicted molar refractivity (Wildman–Crippen MR) is 65.0 cm³/mol. The van der Waals surface area contributed by atoms with Crippen molar-refractivity contribution >= 4 is 35.9 Å². The quantitative estimate of drug-likeness (QED) is 0.793. The summed E-state index contributed by atoms with van der Waals surface area (Å²) in [5.41, 5.74) is 1.09. The molecule has 0 aliphatic rings. The minimum absolute atomic E-state index is 0.0283. The van der Waals surface area contributed by atoms with Crippen molar-refractivity contribution in [1.82, 2.24) is 9.38 Å². The zero-order valence-electron chi connectivity index (χ0n) is 9.11. The molecule has 0 spiro atoms. The second kappa shape index (κ2) is 3.72. The average Bonchev–Trinajstić information content (AvgIpc) is 2.62. The molecule has 0 aliphatic carbocycles. The van der Waals surface area contributed by atoms with Crippen molar-refractivity contribution in [1.29, 1.82) is 0 Å². The van der Waals surface area contributed by atoms with Gasteiger partial charge in [-0.2, -0.15) is 0 Å². The Kier molecular flexibility index (Phi) is 2.76. The first kappa shape index (κ1) is 11.9. The third kappa shape index (κ3) is 1.65. The highest BCUT2D eigenvalue weighted by Crippen LogP contribution is 2.31. The van der Waals surface area contributed by atoms with Crippen LogP contribution in [0.15, 0.2) is 5.03 Å². The maximum absolute atomic E-state index is 11.4. The molecule has 0 saturated heterocycles. The number of imidazole rings is 1. The molecule has 0 unspecified atom stereocenters. The average molecular weight is 279 g/mol. The number of hydrogen-bond acceptors (Lipinski definition) is 4. The normalized spacial score (nSPS) is 12.5. The zero-order valence-corrected chi connectivity index (χ0v) is 11.5. The summed E-state index contributed by atoms with van der Waals surface area (Å²) >= 11 is 1.41. The Bertz CT molecular complexity index is 655. The third-order valence-electron chi connectivity index (χ3n) is 2.46. The van der Waals surface area contributed by atoms with E-state index in [4.69, 9.17) is 10.7 Å². The van der Waals surface area contributed by atoms with Crippen molar-refractivity contribution in [3.63, 3.8) is 0 Å². The lowest BCUT2D eigenvalue weighted by atomic mass is 10.3. The van der Waals surface area contributed by atoms with Crippen LogP contribution in [0.1, 0.15) is 23.3 Å². The molecule has 0 amide bonds. The van der Waals surface area contributed by atoms with E-state index in [1.165, 1.54) is 11.3 Å². The van der Waals surface area contributed by atoms with Crippen LogP contribution in [0.3, 0.4) is 0 Å². The van der Waals surface area contributed by atoms with E-state index in [0.717, 1.165) is 17.0 Å². The van der Waals surface area contributed by atoms with Crippen molar-refractivity contribution in [3.8, 4) is 0 Å². The Morgan fingerprint density at radius 1 is 1.44 bits per heavy atom. The number of nitrogens with zero attached hydrogens (tertiary/aromatic N) is 2. The van der Waals surface area contributed by atoms with Gasteiger partial charge in [-0.05, 0) is 20.3 Å². The van der Waals surface area contributed by atoms with Crippen molar-refractivity contribution in [2.24, 2.45) is 0 Å². The van der Waals surface area contributed by atoms with Gasteiger partial charge < -0.3 is 0 Å². The molecule has 0 aromatic carbocycles. The lowest BCUT2D eigenvalue weighted by Crippen LogP contribution is -1.93. The lowest BCUT2D eigenvalue weighted by molar-refractivity contribution is 0.607. The molecule has 0 radical (unpaired) electrons. The van der Waals surface area contributed by atoms with Crippen molar-refractivity contribution in [2.45, 2.75) is 32.2 Å². The number of fused-ring (bicyclic) bond motifs is 1. The minimum atomic E-state index is -3.77. The van der Waals surface area contributed by atoms with Crippen LogP contribution in [0.25, 0.3) is 4.83 Å². The second-order valence-corrected chi connectivity index (χ2v) is 7.19. The first-order valence-corrected chi connectivity index (χ1v) is 7.90. The van der Waals surface area contributed by atoms with Gasteiger partial charge in [-0.1, -0.05) is 6.92 Å². The van der Waals surface area contributed by atoms with Crippen LogP contribution < -0.4 is 0 Å². The molecule has 2 heterocycles. The molecule has 4 nitrogen and oxygen atoms in total. The fourth-order valence-corrected chi connectivity index (χ4v) is 4.39. The van der Waals surface area contributed by atoms with Crippen LogP contribution in [0, 0.1) is 13.8 Å². The first-order valence-electron chi connectivity index (χ1n) is 4.78. The fourth-order valence-electron chi connectivity index (χ4n) is 1.82. The monoisotopic (exact) mass is 278 g/mol. The molecule has 2 aromatic heterocycles. The number of aryl methyl sites for hydroxylation is 3. The number of rotatable bonds is 2. The standard InChI is InChI=1S/C9H11ClN2O2S2/c1-4-7-5(2)15-9-8(16(10,13)14)11-6(3)12(7)9/h4H2,1-3H3. The van der Waals surface area contributed by atoms with Gasteiger partial charge in [-0.25, -0.2) is 13.4 Å². The summed E-state index contributed by atoms with van der Waals surface area (Å²) in [5.74, 6) is 0.662. The second-order valence-electron chi connectivity index (χ2n) is 3.50. The van der Waals surface area contributed by atoms with E-state index in [9.17, 15) is 8.42 Å². The van der Waals surface area contributed by atoms with Crippen LogP contribution in [-0.4, -0.2) is 17.8 Å². The third-order valence-corrected chi connectivity index (χ3v) is 4.89. The highest BCUT2D eigenvalue weighted by Gasteiger charge is 2.23. The number of aromatic nitrogens is 2. The minimum Gasteiger partial charge on any atom is -0.290 e. The number of hydrogen-bond donors (Lipinski definition) is 0. The Morgan fingerprint density at radius 2 is 2.06 bits per heavy atom. The zero-order chi connectivity index (χ0) is 12.1. The van der Waals surface area contributed by atoms with Gasteiger partial charge in [0.25, 0.3) is 9.05 Å². The van der Waals surface area contributed by atoms with Gasteiger partial charge in [0.1, 0.15) is 10.7 Å². The summed E-state index contributed by atoms with van der Waals surface area (Å²) in [4.78, 5) is 5.74. The maximum atomic E-state index is 11.4. The highest BCUT2D eigenvalue weighted by molar-refractivity contribution is 8.13. The van der Waals surface area contributed by atoms with E-state index >= 15 is 0 Å². The van der Waals surface area contributed by atoms with E-state index in [2.05, 4.69) is 4.98 Å². The molecule has 2 rings (SSSR count). The van der Waals surface area contributed by atoms with Crippen molar-refractivity contribution < 1.29 is 8.42 Å².